The topological polar surface area (TPSA) is 58.1 Å². The Bertz CT molecular complexity index is 728. The fourth-order valence-electron chi connectivity index (χ4n) is 4.77. The molecular weight excluding hydrogens is 364 g/mol. The number of nitrogens with one attached hydrogen (secondary N) is 2. The van der Waals surface area contributed by atoms with E-state index in [1.165, 1.54) is 44.2 Å². The molecule has 1 saturated carbocycles. The first-order chi connectivity index (χ1) is 14.0. The lowest BCUT2D eigenvalue weighted by atomic mass is 9.84. The van der Waals surface area contributed by atoms with Crippen LogP contribution in [0.3, 0.4) is 0 Å². The van der Waals surface area contributed by atoms with Gasteiger partial charge in [-0.2, -0.15) is 0 Å². The van der Waals surface area contributed by atoms with Gasteiger partial charge in [0.2, 0.25) is 0 Å². The third kappa shape index (κ3) is 4.80. The summed E-state index contributed by atoms with van der Waals surface area (Å²) in [6.45, 7) is 8.88. The number of benzene rings is 1. The van der Waals surface area contributed by atoms with Crippen LogP contribution >= 0.6 is 0 Å². The highest BCUT2D eigenvalue weighted by Gasteiger charge is 2.30. The standard InChI is InChI=1S/C23H36N4O2/c1-23(2,17-8-9-20-21(14-17)29-13-12-28-20)16-25-22(24-3)26-18-10-11-27(15-18)19-6-4-5-7-19/h8-9,14,18-19H,4-7,10-13,15-16H2,1-3H3,(H2,24,25,26). The van der Waals surface area contributed by atoms with Gasteiger partial charge < -0.3 is 20.1 Å². The number of ether oxygens (including phenoxy) is 2. The van der Waals surface area contributed by atoms with Crippen molar-refractivity contribution >= 4 is 5.96 Å². The smallest absolute Gasteiger partial charge is 0.191 e. The zero-order valence-corrected chi connectivity index (χ0v) is 18.2. The first-order valence-corrected chi connectivity index (χ1v) is 11.2. The predicted molar refractivity (Wildman–Crippen MR) is 117 cm³/mol. The van der Waals surface area contributed by atoms with E-state index in [4.69, 9.17) is 9.47 Å². The van der Waals surface area contributed by atoms with Crippen molar-refractivity contribution < 1.29 is 9.47 Å². The molecule has 1 atom stereocenters. The monoisotopic (exact) mass is 400 g/mol. The molecule has 0 bridgehead atoms. The van der Waals surface area contributed by atoms with E-state index in [2.05, 4.69) is 46.5 Å². The fourth-order valence-corrected chi connectivity index (χ4v) is 4.77. The average molecular weight is 401 g/mol. The first kappa shape index (κ1) is 20.3. The van der Waals surface area contributed by atoms with E-state index >= 15 is 0 Å². The quantitative estimate of drug-likeness (QED) is 0.588. The highest BCUT2D eigenvalue weighted by atomic mass is 16.6. The number of likely N-dealkylation sites (tertiary alicyclic amines) is 1. The second kappa shape index (κ2) is 8.82. The van der Waals surface area contributed by atoms with Gasteiger partial charge in [-0.25, -0.2) is 0 Å². The molecule has 0 radical (unpaired) electrons. The molecule has 4 rings (SSSR count). The van der Waals surface area contributed by atoms with E-state index in [0.717, 1.165) is 36.6 Å². The van der Waals surface area contributed by atoms with Crippen LogP contribution in [0.4, 0.5) is 0 Å². The van der Waals surface area contributed by atoms with Crippen LogP contribution in [-0.2, 0) is 5.41 Å². The van der Waals surface area contributed by atoms with Gasteiger partial charge in [0.1, 0.15) is 13.2 Å². The van der Waals surface area contributed by atoms with E-state index in [1.807, 2.05) is 13.1 Å². The molecule has 6 nitrogen and oxygen atoms in total. The minimum absolute atomic E-state index is 0.0565. The summed E-state index contributed by atoms with van der Waals surface area (Å²) in [6, 6.07) is 7.57. The van der Waals surface area contributed by atoms with E-state index in [1.54, 1.807) is 0 Å². The molecule has 0 aromatic heterocycles. The molecule has 160 valence electrons. The fraction of sp³-hybridized carbons (Fsp3) is 0.696. The van der Waals surface area contributed by atoms with Gasteiger partial charge in [-0.05, 0) is 37.0 Å². The van der Waals surface area contributed by atoms with Gasteiger partial charge >= 0.3 is 0 Å². The Kier molecular flexibility index (Phi) is 6.18. The summed E-state index contributed by atoms with van der Waals surface area (Å²) in [5.41, 5.74) is 1.18. The minimum Gasteiger partial charge on any atom is -0.486 e. The van der Waals surface area contributed by atoms with Gasteiger partial charge in [0.25, 0.3) is 0 Å². The highest BCUT2D eigenvalue weighted by molar-refractivity contribution is 5.80. The van der Waals surface area contributed by atoms with Crippen molar-refractivity contribution in [2.45, 2.75) is 63.5 Å². The molecule has 2 heterocycles. The molecule has 6 heteroatoms. The Hall–Kier alpha value is -1.95. The molecule has 0 spiro atoms. The molecule has 0 amide bonds. The van der Waals surface area contributed by atoms with Crippen LogP contribution < -0.4 is 20.1 Å². The van der Waals surface area contributed by atoms with Crippen LogP contribution in [0.1, 0.15) is 51.5 Å². The van der Waals surface area contributed by atoms with Gasteiger partial charge in [0.05, 0.1) is 0 Å². The number of fused-ring (bicyclic) bond motifs is 1. The minimum atomic E-state index is -0.0565. The summed E-state index contributed by atoms with van der Waals surface area (Å²) in [6.07, 6.45) is 6.75. The summed E-state index contributed by atoms with van der Waals surface area (Å²) < 4.78 is 11.4. The second-order valence-electron chi connectivity index (χ2n) is 9.23. The van der Waals surface area contributed by atoms with Gasteiger partial charge in [0.15, 0.2) is 17.5 Å². The van der Waals surface area contributed by atoms with Gasteiger partial charge in [-0.15, -0.1) is 0 Å². The third-order valence-electron chi connectivity index (χ3n) is 6.65. The van der Waals surface area contributed by atoms with E-state index in [0.29, 0.717) is 19.3 Å². The Labute approximate surface area is 175 Å². The van der Waals surface area contributed by atoms with Crippen molar-refractivity contribution in [3.63, 3.8) is 0 Å². The predicted octanol–water partition coefficient (Wildman–Crippen LogP) is 2.92. The molecule has 2 aliphatic heterocycles. The van der Waals surface area contributed by atoms with Gasteiger partial charge in [0, 0.05) is 44.2 Å². The maximum absolute atomic E-state index is 5.76. The van der Waals surface area contributed by atoms with Crippen molar-refractivity contribution in [3.05, 3.63) is 23.8 Å². The van der Waals surface area contributed by atoms with E-state index in [-0.39, 0.29) is 5.41 Å². The second-order valence-corrected chi connectivity index (χ2v) is 9.23. The normalized spacial score (nSPS) is 23.4. The number of guanidine groups is 1. The van der Waals surface area contributed by atoms with Crippen molar-refractivity contribution in [1.29, 1.82) is 0 Å². The lowest BCUT2D eigenvalue weighted by molar-refractivity contribution is 0.171. The Morgan fingerprint density at radius 1 is 1.14 bits per heavy atom. The Morgan fingerprint density at radius 3 is 2.66 bits per heavy atom. The van der Waals surface area contributed by atoms with Crippen LogP contribution in [0.2, 0.25) is 0 Å². The number of aliphatic imine (C=N–C) groups is 1. The Balaban J connectivity index is 1.31. The molecule has 1 aromatic rings. The van der Waals surface area contributed by atoms with Crippen LogP contribution in [0.15, 0.2) is 23.2 Å². The first-order valence-electron chi connectivity index (χ1n) is 11.2. The average Bonchev–Trinajstić information content (AvgIpc) is 3.42. The van der Waals surface area contributed by atoms with Crippen molar-refractivity contribution in [2.75, 3.05) is 39.9 Å². The highest BCUT2D eigenvalue weighted by Crippen LogP contribution is 2.35. The molecule has 1 saturated heterocycles. The maximum Gasteiger partial charge on any atom is 0.191 e. The van der Waals surface area contributed by atoms with Crippen molar-refractivity contribution in [2.24, 2.45) is 4.99 Å². The lowest BCUT2D eigenvalue weighted by Crippen LogP contribution is -2.48. The maximum atomic E-state index is 5.76. The molecule has 2 fully saturated rings. The van der Waals surface area contributed by atoms with Gasteiger partial charge in [-0.1, -0.05) is 32.8 Å². The molecule has 3 aliphatic rings. The van der Waals surface area contributed by atoms with Gasteiger partial charge in [-0.3, -0.25) is 9.89 Å². The van der Waals surface area contributed by atoms with Crippen LogP contribution in [0.25, 0.3) is 0 Å². The van der Waals surface area contributed by atoms with E-state index < -0.39 is 0 Å². The number of hydrogen-bond acceptors (Lipinski definition) is 4. The molecule has 1 aliphatic carbocycles. The number of nitrogens with zero attached hydrogens (tertiary/aromatic N) is 2. The summed E-state index contributed by atoms with van der Waals surface area (Å²) in [7, 11) is 1.86. The van der Waals surface area contributed by atoms with Crippen LogP contribution in [0.5, 0.6) is 11.5 Å². The number of rotatable bonds is 5. The molecule has 1 aromatic carbocycles. The Morgan fingerprint density at radius 2 is 1.90 bits per heavy atom. The zero-order valence-electron chi connectivity index (χ0n) is 18.2. The van der Waals surface area contributed by atoms with E-state index in [9.17, 15) is 0 Å². The summed E-state index contributed by atoms with van der Waals surface area (Å²) in [4.78, 5) is 7.15. The SMILES string of the molecule is CN=C(NCC(C)(C)c1ccc2c(c1)OCCO2)NC1CCN(C2CCCC2)C1. The van der Waals surface area contributed by atoms with Crippen LogP contribution in [-0.4, -0.2) is 62.8 Å². The summed E-state index contributed by atoms with van der Waals surface area (Å²) >= 11 is 0. The molecule has 2 N–H and O–H groups in total. The van der Waals surface area contributed by atoms with Crippen molar-refractivity contribution in [3.8, 4) is 11.5 Å². The molecule has 29 heavy (non-hydrogen) atoms. The van der Waals surface area contributed by atoms with Crippen LogP contribution in [0, 0.1) is 0 Å². The third-order valence-corrected chi connectivity index (χ3v) is 6.65. The zero-order chi connectivity index (χ0) is 20.3. The largest absolute Gasteiger partial charge is 0.486 e. The lowest BCUT2D eigenvalue weighted by Gasteiger charge is -2.29. The molecular formula is C23H36N4O2. The summed E-state index contributed by atoms with van der Waals surface area (Å²) in [5, 5.41) is 7.19. The summed E-state index contributed by atoms with van der Waals surface area (Å²) in [5.74, 6) is 2.59. The number of hydrogen-bond donors (Lipinski definition) is 2. The molecule has 1 unspecified atom stereocenters. The van der Waals surface area contributed by atoms with Crippen molar-refractivity contribution in [1.82, 2.24) is 15.5 Å².